The fourth-order valence-electron chi connectivity index (χ4n) is 1.71. The molecule has 1 aromatic rings. The summed E-state index contributed by atoms with van der Waals surface area (Å²) in [6.07, 6.45) is 0. The van der Waals surface area contributed by atoms with Crippen molar-refractivity contribution in [2.45, 2.75) is 18.8 Å². The number of alkyl halides is 1. The smallest absolute Gasteiger partial charge is 0.0696 e. The summed E-state index contributed by atoms with van der Waals surface area (Å²) >= 11 is 6.12. The lowest BCUT2D eigenvalue weighted by atomic mass is 10.1. The Labute approximate surface area is 103 Å². The van der Waals surface area contributed by atoms with E-state index >= 15 is 0 Å². The lowest BCUT2D eigenvalue weighted by Crippen LogP contribution is -2.28. The van der Waals surface area contributed by atoms with E-state index in [4.69, 9.17) is 16.3 Å². The van der Waals surface area contributed by atoms with Gasteiger partial charge in [0.15, 0.2) is 0 Å². The average molecular weight is 242 g/mol. The van der Waals surface area contributed by atoms with Crippen LogP contribution in [-0.4, -0.2) is 37.6 Å². The number of halogens is 1. The maximum atomic E-state index is 6.12. The van der Waals surface area contributed by atoms with Gasteiger partial charge in [-0.05, 0) is 25.1 Å². The van der Waals surface area contributed by atoms with Crippen LogP contribution in [0.15, 0.2) is 24.3 Å². The maximum Gasteiger partial charge on any atom is 0.0696 e. The van der Waals surface area contributed by atoms with Crippen LogP contribution in [-0.2, 0) is 11.3 Å². The topological polar surface area (TPSA) is 12.5 Å². The van der Waals surface area contributed by atoms with Gasteiger partial charge in [0.2, 0.25) is 0 Å². The molecule has 0 bridgehead atoms. The predicted molar refractivity (Wildman–Crippen MR) is 69.0 cm³/mol. The van der Waals surface area contributed by atoms with Crippen molar-refractivity contribution in [3.8, 4) is 0 Å². The molecule has 0 aliphatic carbocycles. The van der Waals surface area contributed by atoms with Gasteiger partial charge in [0.1, 0.15) is 0 Å². The molecule has 0 spiro atoms. The summed E-state index contributed by atoms with van der Waals surface area (Å²) in [4.78, 5) is 2.22. The first kappa shape index (κ1) is 13.5. The van der Waals surface area contributed by atoms with Crippen molar-refractivity contribution in [1.82, 2.24) is 4.90 Å². The molecule has 1 aromatic carbocycles. The molecule has 90 valence electrons. The molecule has 16 heavy (non-hydrogen) atoms. The minimum Gasteiger partial charge on any atom is -0.383 e. The highest BCUT2D eigenvalue weighted by Crippen LogP contribution is 2.10. The Bertz CT molecular complexity index is 317. The minimum atomic E-state index is 0.0546. The Morgan fingerprint density at radius 2 is 2.06 bits per heavy atom. The van der Waals surface area contributed by atoms with Crippen molar-refractivity contribution in [3.63, 3.8) is 0 Å². The third kappa shape index (κ3) is 4.52. The molecule has 3 heteroatoms. The number of methoxy groups -OCH3 is 1. The first-order valence-electron chi connectivity index (χ1n) is 5.49. The number of hydrogen-bond acceptors (Lipinski definition) is 2. The molecule has 0 aromatic heterocycles. The molecule has 0 N–H and O–H groups in total. The van der Waals surface area contributed by atoms with E-state index in [0.29, 0.717) is 6.61 Å². The Balaban J connectivity index is 2.45. The predicted octanol–water partition coefficient (Wildman–Crippen LogP) is 2.68. The Kier molecular flexibility index (Phi) is 5.81. The van der Waals surface area contributed by atoms with Crippen LogP contribution >= 0.6 is 11.6 Å². The van der Waals surface area contributed by atoms with Crippen LogP contribution in [0, 0.1) is 6.92 Å². The van der Waals surface area contributed by atoms with Crippen molar-refractivity contribution in [1.29, 1.82) is 0 Å². The van der Waals surface area contributed by atoms with Gasteiger partial charge in [0.05, 0.1) is 12.0 Å². The van der Waals surface area contributed by atoms with Crippen LogP contribution in [0.25, 0.3) is 0 Å². The van der Waals surface area contributed by atoms with Crippen LogP contribution < -0.4 is 0 Å². The van der Waals surface area contributed by atoms with Crippen molar-refractivity contribution < 1.29 is 4.74 Å². The zero-order valence-electron chi connectivity index (χ0n) is 10.2. The zero-order valence-corrected chi connectivity index (χ0v) is 11.0. The van der Waals surface area contributed by atoms with Gasteiger partial charge < -0.3 is 9.64 Å². The summed E-state index contributed by atoms with van der Waals surface area (Å²) in [5, 5.41) is 0.0546. The molecule has 0 aliphatic heterocycles. The van der Waals surface area contributed by atoms with Crippen LogP contribution in [0.3, 0.4) is 0 Å². The molecule has 0 radical (unpaired) electrons. The van der Waals surface area contributed by atoms with Crippen LogP contribution in [0.5, 0.6) is 0 Å². The fraction of sp³-hybridized carbons (Fsp3) is 0.538. The third-order valence-corrected chi connectivity index (χ3v) is 2.82. The number of benzene rings is 1. The monoisotopic (exact) mass is 241 g/mol. The number of rotatable bonds is 6. The fourth-order valence-corrected chi connectivity index (χ4v) is 2.08. The van der Waals surface area contributed by atoms with Crippen LogP contribution in [0.4, 0.5) is 0 Å². The lowest BCUT2D eigenvalue weighted by Gasteiger charge is -2.20. The minimum absolute atomic E-state index is 0.0546. The van der Waals surface area contributed by atoms with E-state index in [1.165, 1.54) is 11.1 Å². The van der Waals surface area contributed by atoms with E-state index in [0.717, 1.165) is 13.1 Å². The molecule has 0 saturated carbocycles. The second kappa shape index (κ2) is 6.89. The van der Waals surface area contributed by atoms with E-state index in [1.807, 2.05) is 0 Å². The van der Waals surface area contributed by atoms with Gasteiger partial charge in [0.25, 0.3) is 0 Å². The van der Waals surface area contributed by atoms with Gasteiger partial charge in [0, 0.05) is 20.2 Å². The van der Waals surface area contributed by atoms with E-state index in [9.17, 15) is 0 Å². The molecule has 1 unspecified atom stereocenters. The summed E-state index contributed by atoms with van der Waals surface area (Å²) in [6, 6.07) is 8.43. The molecule has 0 amide bonds. The highest BCUT2D eigenvalue weighted by Gasteiger charge is 2.09. The Hall–Kier alpha value is -0.570. The Morgan fingerprint density at radius 3 is 2.69 bits per heavy atom. The molecular formula is C13H20ClNO. The molecule has 0 aliphatic rings. The quantitative estimate of drug-likeness (QED) is 0.710. The molecule has 0 heterocycles. The van der Waals surface area contributed by atoms with E-state index in [2.05, 4.69) is 43.1 Å². The second-order valence-corrected chi connectivity index (χ2v) is 4.79. The summed E-state index contributed by atoms with van der Waals surface area (Å²) < 4.78 is 5.02. The summed E-state index contributed by atoms with van der Waals surface area (Å²) in [6.45, 7) is 4.50. The summed E-state index contributed by atoms with van der Waals surface area (Å²) in [5.74, 6) is 0. The third-order valence-electron chi connectivity index (χ3n) is 2.56. The van der Waals surface area contributed by atoms with E-state index in [-0.39, 0.29) is 5.38 Å². The van der Waals surface area contributed by atoms with Gasteiger partial charge >= 0.3 is 0 Å². The summed E-state index contributed by atoms with van der Waals surface area (Å²) in [7, 11) is 3.76. The van der Waals surface area contributed by atoms with Crippen molar-refractivity contribution >= 4 is 11.6 Å². The van der Waals surface area contributed by atoms with Crippen molar-refractivity contribution in [3.05, 3.63) is 35.4 Å². The van der Waals surface area contributed by atoms with Crippen molar-refractivity contribution in [2.24, 2.45) is 0 Å². The SMILES string of the molecule is COCC(Cl)CN(C)Cc1ccccc1C. The van der Waals surface area contributed by atoms with Gasteiger partial charge in [-0.1, -0.05) is 24.3 Å². The molecule has 0 fully saturated rings. The number of nitrogens with zero attached hydrogens (tertiary/aromatic N) is 1. The van der Waals surface area contributed by atoms with Gasteiger partial charge in [-0.2, -0.15) is 0 Å². The molecular weight excluding hydrogens is 222 g/mol. The van der Waals surface area contributed by atoms with Crippen LogP contribution in [0.2, 0.25) is 0 Å². The number of aryl methyl sites for hydroxylation is 1. The van der Waals surface area contributed by atoms with E-state index in [1.54, 1.807) is 7.11 Å². The Morgan fingerprint density at radius 1 is 1.38 bits per heavy atom. The largest absolute Gasteiger partial charge is 0.383 e. The van der Waals surface area contributed by atoms with E-state index < -0.39 is 0 Å². The number of hydrogen-bond donors (Lipinski definition) is 0. The molecule has 1 rings (SSSR count). The highest BCUT2D eigenvalue weighted by molar-refractivity contribution is 6.20. The molecule has 0 saturated heterocycles. The van der Waals surface area contributed by atoms with Gasteiger partial charge in [-0.25, -0.2) is 0 Å². The first-order valence-corrected chi connectivity index (χ1v) is 5.93. The van der Waals surface area contributed by atoms with Gasteiger partial charge in [-0.3, -0.25) is 0 Å². The average Bonchev–Trinajstić information content (AvgIpc) is 2.21. The second-order valence-electron chi connectivity index (χ2n) is 4.18. The summed E-state index contributed by atoms with van der Waals surface area (Å²) in [5.41, 5.74) is 2.68. The normalized spacial score (nSPS) is 13.1. The van der Waals surface area contributed by atoms with Gasteiger partial charge in [-0.15, -0.1) is 11.6 Å². The maximum absolute atomic E-state index is 6.12. The zero-order chi connectivity index (χ0) is 12.0. The van der Waals surface area contributed by atoms with Crippen molar-refractivity contribution in [2.75, 3.05) is 27.3 Å². The molecule has 2 nitrogen and oxygen atoms in total. The lowest BCUT2D eigenvalue weighted by molar-refractivity contribution is 0.181. The standard InChI is InChI=1S/C13H20ClNO/c1-11-6-4-5-7-12(11)8-15(2)9-13(14)10-16-3/h4-7,13H,8-10H2,1-3H3. The number of ether oxygens (including phenoxy) is 1. The molecule has 1 atom stereocenters. The highest BCUT2D eigenvalue weighted by atomic mass is 35.5. The van der Waals surface area contributed by atoms with Crippen LogP contribution in [0.1, 0.15) is 11.1 Å². The first-order chi connectivity index (χ1) is 7.63.